The molecule has 9 nitrogen and oxygen atoms in total. The fraction of sp³-hybridized carbons (Fsp3) is 0.483. The Morgan fingerprint density at radius 2 is 1.77 bits per heavy atom. The van der Waals surface area contributed by atoms with Crippen LogP contribution in [0.1, 0.15) is 43.2 Å². The smallest absolute Gasteiger partial charge is 0.250 e. The highest BCUT2D eigenvalue weighted by atomic mass is 19.1. The van der Waals surface area contributed by atoms with Crippen LogP contribution >= 0.6 is 0 Å². The van der Waals surface area contributed by atoms with E-state index in [2.05, 4.69) is 30.5 Å². The third-order valence-corrected chi connectivity index (χ3v) is 7.37. The number of nitrogens with zero attached hydrogens (tertiary/aromatic N) is 5. The maximum Gasteiger partial charge on any atom is 0.250 e. The quantitative estimate of drug-likeness (QED) is 0.346. The molecule has 3 aromatic rings. The van der Waals surface area contributed by atoms with Crippen molar-refractivity contribution >= 4 is 28.4 Å². The monoisotopic (exact) mass is 537 g/mol. The fourth-order valence-corrected chi connectivity index (χ4v) is 5.20. The lowest BCUT2D eigenvalue weighted by atomic mass is 10.1. The van der Waals surface area contributed by atoms with E-state index in [1.807, 2.05) is 29.6 Å². The van der Waals surface area contributed by atoms with Gasteiger partial charge in [-0.25, -0.2) is 9.40 Å². The molecule has 0 spiro atoms. The van der Waals surface area contributed by atoms with Crippen molar-refractivity contribution in [3.05, 3.63) is 58.5 Å². The first-order valence-corrected chi connectivity index (χ1v) is 13.8. The molecule has 0 saturated heterocycles. The van der Waals surface area contributed by atoms with Crippen LogP contribution in [0.5, 0.6) is 0 Å². The number of hydrogen-bond donors (Lipinski definition) is 2. The minimum atomic E-state index is -0.276. The Morgan fingerprint density at radius 1 is 1.03 bits per heavy atom. The molecule has 39 heavy (non-hydrogen) atoms. The molecular formula is C29H40FN7O2. The van der Waals surface area contributed by atoms with Crippen LogP contribution in [0, 0.1) is 12.7 Å². The Morgan fingerprint density at radius 3 is 2.49 bits per heavy atom. The van der Waals surface area contributed by atoms with Crippen LogP contribution < -0.4 is 15.5 Å². The first kappa shape index (κ1) is 28.7. The Labute approximate surface area is 229 Å². The summed E-state index contributed by atoms with van der Waals surface area (Å²) < 4.78 is 15.6. The number of hydrazine groups is 1. The number of aryl methyl sites for hydroxylation is 3. The highest BCUT2D eigenvalue weighted by Crippen LogP contribution is 2.29. The molecular weight excluding hydrogens is 497 g/mol. The lowest BCUT2D eigenvalue weighted by Crippen LogP contribution is -2.47. The maximum absolute atomic E-state index is 13.6. The zero-order valence-corrected chi connectivity index (χ0v) is 23.7. The summed E-state index contributed by atoms with van der Waals surface area (Å²) in [6, 6.07) is 8.85. The number of likely N-dealkylation sites (N-methyl/N-ethyl adjacent to an activating group) is 2. The predicted octanol–water partition coefficient (Wildman–Crippen LogP) is 2.99. The summed E-state index contributed by atoms with van der Waals surface area (Å²) in [6.07, 6.45) is 0.888. The van der Waals surface area contributed by atoms with Gasteiger partial charge in [0.05, 0.1) is 18.6 Å². The van der Waals surface area contributed by atoms with Crippen LogP contribution in [0.3, 0.4) is 0 Å². The number of nitrogens with one attached hydrogen (secondary N) is 2. The van der Waals surface area contributed by atoms with Crippen LogP contribution in [0.2, 0.25) is 0 Å². The molecule has 0 saturated carbocycles. The van der Waals surface area contributed by atoms with Gasteiger partial charge in [-0.05, 0) is 67.8 Å². The fourth-order valence-electron chi connectivity index (χ4n) is 5.20. The molecule has 0 fully saturated rings. The second-order valence-corrected chi connectivity index (χ2v) is 9.93. The van der Waals surface area contributed by atoms with E-state index in [-0.39, 0.29) is 30.7 Å². The number of fused-ring (bicyclic) bond motifs is 2. The third-order valence-electron chi connectivity index (χ3n) is 7.37. The topological polar surface area (TPSA) is 85.7 Å². The Hall–Kier alpha value is -3.34. The minimum absolute atomic E-state index is 0.0171. The number of carbonyl (C=O) groups is 2. The lowest BCUT2D eigenvalue weighted by molar-refractivity contribution is -0.145. The number of aromatic nitrogens is 2. The summed E-state index contributed by atoms with van der Waals surface area (Å²) in [6.45, 7) is 12.1. The van der Waals surface area contributed by atoms with Gasteiger partial charge in [-0.2, -0.15) is 5.10 Å². The van der Waals surface area contributed by atoms with Gasteiger partial charge in [0.2, 0.25) is 5.91 Å². The molecule has 210 valence electrons. The van der Waals surface area contributed by atoms with Crippen LogP contribution in [-0.4, -0.2) is 71.4 Å². The van der Waals surface area contributed by atoms with Crippen LogP contribution in [0.15, 0.2) is 30.3 Å². The lowest BCUT2D eigenvalue weighted by Gasteiger charge is -2.28. The molecule has 0 unspecified atom stereocenters. The number of hydrogen-bond acceptors (Lipinski definition) is 6. The molecule has 1 aliphatic heterocycles. The van der Waals surface area contributed by atoms with Crippen LogP contribution in [0.25, 0.3) is 10.9 Å². The molecule has 4 rings (SSSR count). The second-order valence-electron chi connectivity index (χ2n) is 9.93. The molecule has 0 atom stereocenters. The Kier molecular flexibility index (Phi) is 9.32. The van der Waals surface area contributed by atoms with Crippen molar-refractivity contribution in [1.29, 1.82) is 0 Å². The molecule has 0 radical (unpaired) electrons. The Bertz CT molecular complexity index is 1340. The minimum Gasteiger partial charge on any atom is -0.315 e. The average Bonchev–Trinajstić information content (AvgIpc) is 3.50. The van der Waals surface area contributed by atoms with Gasteiger partial charge in [0, 0.05) is 56.5 Å². The summed E-state index contributed by atoms with van der Waals surface area (Å²) in [5, 5.41) is 15.7. The van der Waals surface area contributed by atoms with E-state index in [0.29, 0.717) is 26.2 Å². The van der Waals surface area contributed by atoms with Crippen molar-refractivity contribution in [2.75, 3.05) is 44.7 Å². The zero-order chi connectivity index (χ0) is 28.1. The molecule has 2 aromatic carbocycles. The maximum atomic E-state index is 13.6. The van der Waals surface area contributed by atoms with Crippen LogP contribution in [-0.2, 0) is 35.6 Å². The van der Waals surface area contributed by atoms with Crippen molar-refractivity contribution in [3.63, 3.8) is 0 Å². The highest BCUT2D eigenvalue weighted by molar-refractivity contribution is 5.98. The number of amides is 2. The van der Waals surface area contributed by atoms with E-state index < -0.39 is 0 Å². The van der Waals surface area contributed by atoms with Crippen molar-refractivity contribution in [3.8, 4) is 0 Å². The van der Waals surface area contributed by atoms with Crippen molar-refractivity contribution in [1.82, 2.24) is 30.4 Å². The molecule has 0 aliphatic carbocycles. The van der Waals surface area contributed by atoms with E-state index in [9.17, 15) is 14.0 Å². The predicted molar refractivity (Wildman–Crippen MR) is 152 cm³/mol. The molecule has 2 amide bonds. The summed E-state index contributed by atoms with van der Waals surface area (Å²) >= 11 is 0. The standard InChI is InChI=1S/C29H40FN7O2/c1-6-26-24-13-20(4)27(15-25(24)33-37(26)8-3)36(12-11-31-7-2)29(39)17-32-16-28(38)34(5)35-18-21-9-10-23(30)14-22(21)19-35/h9-10,13-15,31-32H,6-8,11-12,16-19H2,1-5H3. The summed E-state index contributed by atoms with van der Waals surface area (Å²) in [4.78, 5) is 28.1. The third kappa shape index (κ3) is 6.29. The number of benzene rings is 2. The van der Waals surface area contributed by atoms with Gasteiger partial charge in [0.1, 0.15) is 5.82 Å². The molecule has 10 heteroatoms. The van der Waals surface area contributed by atoms with E-state index in [1.54, 1.807) is 23.0 Å². The first-order chi connectivity index (χ1) is 18.8. The first-order valence-electron chi connectivity index (χ1n) is 13.8. The Balaban J connectivity index is 1.42. The second kappa shape index (κ2) is 12.7. The van der Waals surface area contributed by atoms with Crippen molar-refractivity contribution in [2.24, 2.45) is 0 Å². The molecule has 1 aromatic heterocycles. The molecule has 1 aliphatic rings. The normalized spacial score (nSPS) is 13.2. The van der Waals surface area contributed by atoms with Gasteiger partial charge >= 0.3 is 0 Å². The van der Waals surface area contributed by atoms with Crippen molar-refractivity contribution < 1.29 is 14.0 Å². The zero-order valence-electron chi connectivity index (χ0n) is 23.7. The van der Waals surface area contributed by atoms with Gasteiger partial charge in [0.25, 0.3) is 5.91 Å². The highest BCUT2D eigenvalue weighted by Gasteiger charge is 2.26. The van der Waals surface area contributed by atoms with Gasteiger partial charge in [-0.15, -0.1) is 0 Å². The van der Waals surface area contributed by atoms with E-state index in [1.165, 1.54) is 17.8 Å². The molecule has 2 heterocycles. The van der Waals surface area contributed by atoms with Gasteiger partial charge in [-0.3, -0.25) is 24.6 Å². The molecule has 2 N–H and O–H groups in total. The SMILES string of the molecule is CCNCCN(C(=O)CNCC(=O)N(C)N1Cc2ccc(F)cc2C1)c1cc2nn(CC)c(CC)c2cc1C. The number of rotatable bonds is 12. The summed E-state index contributed by atoms with van der Waals surface area (Å²) in [5.74, 6) is -0.548. The van der Waals surface area contributed by atoms with Gasteiger partial charge in [-0.1, -0.05) is 19.9 Å². The van der Waals surface area contributed by atoms with E-state index in [0.717, 1.165) is 52.8 Å². The number of anilines is 1. The largest absolute Gasteiger partial charge is 0.315 e. The summed E-state index contributed by atoms with van der Waals surface area (Å²) in [7, 11) is 1.70. The average molecular weight is 538 g/mol. The molecule has 0 bridgehead atoms. The van der Waals surface area contributed by atoms with Crippen molar-refractivity contribution in [2.45, 2.75) is 53.8 Å². The number of halogens is 1. The van der Waals surface area contributed by atoms with Crippen LogP contribution in [0.4, 0.5) is 10.1 Å². The number of carbonyl (C=O) groups excluding carboxylic acids is 2. The summed E-state index contributed by atoms with van der Waals surface area (Å²) in [5.41, 5.74) is 5.82. The van der Waals surface area contributed by atoms with Gasteiger partial charge in [0.15, 0.2) is 0 Å². The van der Waals surface area contributed by atoms with E-state index >= 15 is 0 Å². The van der Waals surface area contributed by atoms with E-state index in [4.69, 9.17) is 5.10 Å². The van der Waals surface area contributed by atoms with Gasteiger partial charge < -0.3 is 10.2 Å².